The van der Waals surface area contributed by atoms with Crippen LogP contribution < -0.4 is 4.90 Å². The summed E-state index contributed by atoms with van der Waals surface area (Å²) in [5.74, 6) is 0.821. The zero-order valence-electron chi connectivity index (χ0n) is 16.7. The largest absolute Gasteiger partial charge is 0.440 e. The topological polar surface area (TPSA) is 25.6 Å². The maximum absolute atomic E-state index is 6.21. The highest BCUT2D eigenvalue weighted by Gasteiger charge is 2.18. The van der Waals surface area contributed by atoms with Gasteiger partial charge in [0.15, 0.2) is 0 Å². The van der Waals surface area contributed by atoms with E-state index in [1.807, 2.05) is 18.2 Å². The summed E-state index contributed by atoms with van der Waals surface area (Å²) in [5.41, 5.74) is 5.62. The Morgan fingerprint density at radius 1 is 0.897 bits per heavy atom. The maximum atomic E-state index is 6.21. The molecule has 0 amide bonds. The Bertz CT molecular complexity index is 1060. The average molecular weight is 383 g/mol. The van der Waals surface area contributed by atoms with E-state index in [1.54, 1.807) is 0 Å². The van der Waals surface area contributed by atoms with Gasteiger partial charge in [0.25, 0.3) is 0 Å². The molecule has 3 nitrogen and oxygen atoms in total. The van der Waals surface area contributed by atoms with E-state index in [0.29, 0.717) is 6.10 Å². The summed E-state index contributed by atoms with van der Waals surface area (Å²) in [6.45, 7) is 3.01. The molecule has 0 aliphatic carbocycles. The van der Waals surface area contributed by atoms with Crippen LogP contribution >= 0.6 is 0 Å². The molecular weight excluding hydrogens is 358 g/mol. The number of para-hydroxylation sites is 1. The highest BCUT2D eigenvalue weighted by atomic mass is 16.5. The van der Waals surface area contributed by atoms with Gasteiger partial charge >= 0.3 is 0 Å². The number of hydrogen-bond donors (Lipinski definition) is 0. The average Bonchev–Trinajstić information content (AvgIpc) is 3.40. The van der Waals surface area contributed by atoms with Crippen LogP contribution in [-0.4, -0.2) is 12.7 Å². The second-order valence-corrected chi connectivity index (χ2v) is 7.80. The van der Waals surface area contributed by atoms with Gasteiger partial charge in [-0.05, 0) is 62.1 Å². The van der Waals surface area contributed by atoms with Crippen LogP contribution in [0.25, 0.3) is 11.0 Å². The minimum absolute atomic E-state index is 0.365. The monoisotopic (exact) mass is 383 g/mol. The van der Waals surface area contributed by atoms with Crippen molar-refractivity contribution in [2.75, 3.05) is 11.5 Å². The van der Waals surface area contributed by atoms with E-state index in [1.165, 1.54) is 17.5 Å². The molecule has 3 aromatic carbocycles. The summed E-state index contributed by atoms with van der Waals surface area (Å²) in [6, 6.07) is 27.6. The zero-order valence-corrected chi connectivity index (χ0v) is 16.7. The molecule has 0 spiro atoms. The fourth-order valence-electron chi connectivity index (χ4n) is 4.02. The number of fused-ring (bicyclic) bond motifs is 1. The lowest BCUT2D eigenvalue weighted by molar-refractivity contribution is 0.111. The Balaban J connectivity index is 1.51. The zero-order chi connectivity index (χ0) is 19.6. The molecule has 0 saturated carbocycles. The Kier molecular flexibility index (Phi) is 4.82. The van der Waals surface area contributed by atoms with Crippen LogP contribution in [0.3, 0.4) is 0 Å². The minimum atomic E-state index is 0.365. The third kappa shape index (κ3) is 3.79. The van der Waals surface area contributed by atoms with Gasteiger partial charge in [-0.3, -0.25) is 4.90 Å². The van der Waals surface area contributed by atoms with Gasteiger partial charge in [-0.1, -0.05) is 48.0 Å². The SMILES string of the molecule is Cc1ccc(N(c2ccc(CC3CCCO3)cc2)c2cc3ccccc3o2)cc1. The van der Waals surface area contributed by atoms with Crippen LogP contribution in [0.1, 0.15) is 24.0 Å². The Labute approximate surface area is 171 Å². The van der Waals surface area contributed by atoms with Crippen molar-refractivity contribution in [3.8, 4) is 0 Å². The predicted molar refractivity (Wildman–Crippen MR) is 118 cm³/mol. The van der Waals surface area contributed by atoms with Gasteiger partial charge in [0.05, 0.1) is 6.10 Å². The molecule has 2 heterocycles. The summed E-state index contributed by atoms with van der Waals surface area (Å²) in [7, 11) is 0. The predicted octanol–water partition coefficient (Wildman–Crippen LogP) is 6.93. The van der Waals surface area contributed by atoms with Crippen LogP contribution in [0, 0.1) is 6.92 Å². The summed E-state index contributed by atoms with van der Waals surface area (Å²) >= 11 is 0. The molecule has 5 rings (SSSR count). The molecule has 3 heteroatoms. The molecule has 0 bridgehead atoms. The molecule has 1 atom stereocenters. The number of furan rings is 1. The summed E-state index contributed by atoms with van der Waals surface area (Å²) in [5, 5.41) is 1.11. The summed E-state index contributed by atoms with van der Waals surface area (Å²) < 4.78 is 12.0. The third-order valence-electron chi connectivity index (χ3n) is 5.61. The molecule has 1 saturated heterocycles. The first kappa shape index (κ1) is 18.0. The van der Waals surface area contributed by atoms with Gasteiger partial charge in [0.2, 0.25) is 5.88 Å². The van der Waals surface area contributed by atoms with Crippen molar-refractivity contribution in [2.45, 2.75) is 32.3 Å². The lowest BCUT2D eigenvalue weighted by Crippen LogP contribution is -2.11. The van der Waals surface area contributed by atoms with Crippen molar-refractivity contribution in [1.29, 1.82) is 0 Å². The molecule has 1 unspecified atom stereocenters. The fourth-order valence-corrected chi connectivity index (χ4v) is 4.02. The van der Waals surface area contributed by atoms with Gasteiger partial charge in [-0.2, -0.15) is 0 Å². The van der Waals surface area contributed by atoms with Crippen molar-refractivity contribution < 1.29 is 9.15 Å². The van der Waals surface area contributed by atoms with E-state index < -0.39 is 0 Å². The van der Waals surface area contributed by atoms with Crippen molar-refractivity contribution in [2.24, 2.45) is 0 Å². The second kappa shape index (κ2) is 7.76. The first-order chi connectivity index (χ1) is 14.3. The van der Waals surface area contributed by atoms with Crippen molar-refractivity contribution in [3.63, 3.8) is 0 Å². The third-order valence-corrected chi connectivity index (χ3v) is 5.61. The van der Waals surface area contributed by atoms with Crippen molar-refractivity contribution >= 4 is 28.2 Å². The molecule has 146 valence electrons. The van der Waals surface area contributed by atoms with Crippen molar-refractivity contribution in [3.05, 3.63) is 90.0 Å². The number of hydrogen-bond acceptors (Lipinski definition) is 3. The molecule has 0 radical (unpaired) electrons. The van der Waals surface area contributed by atoms with Crippen LogP contribution in [-0.2, 0) is 11.2 Å². The molecule has 29 heavy (non-hydrogen) atoms. The second-order valence-electron chi connectivity index (χ2n) is 7.80. The first-order valence-electron chi connectivity index (χ1n) is 10.3. The summed E-state index contributed by atoms with van der Waals surface area (Å²) in [4.78, 5) is 2.18. The Morgan fingerprint density at radius 3 is 2.31 bits per heavy atom. The number of benzene rings is 3. The number of anilines is 3. The highest BCUT2D eigenvalue weighted by Crippen LogP contribution is 2.38. The normalized spacial score (nSPS) is 16.4. The smallest absolute Gasteiger partial charge is 0.205 e. The van der Waals surface area contributed by atoms with Gasteiger partial charge in [0, 0.05) is 29.4 Å². The highest BCUT2D eigenvalue weighted by molar-refractivity contribution is 5.85. The van der Waals surface area contributed by atoms with Gasteiger partial charge < -0.3 is 9.15 Å². The number of ether oxygens (including phenoxy) is 1. The molecule has 4 aromatic rings. The van der Waals surface area contributed by atoms with E-state index in [4.69, 9.17) is 9.15 Å². The van der Waals surface area contributed by atoms with E-state index in [2.05, 4.69) is 72.5 Å². The van der Waals surface area contributed by atoms with Crippen LogP contribution in [0.5, 0.6) is 0 Å². The molecule has 1 aliphatic heterocycles. The Morgan fingerprint density at radius 2 is 1.62 bits per heavy atom. The number of aryl methyl sites for hydroxylation is 1. The number of nitrogens with zero attached hydrogens (tertiary/aromatic N) is 1. The lowest BCUT2D eigenvalue weighted by Gasteiger charge is -2.23. The van der Waals surface area contributed by atoms with Crippen LogP contribution in [0.15, 0.2) is 83.3 Å². The first-order valence-corrected chi connectivity index (χ1v) is 10.3. The van der Waals surface area contributed by atoms with Crippen LogP contribution in [0.2, 0.25) is 0 Å². The van der Waals surface area contributed by atoms with E-state index in [9.17, 15) is 0 Å². The van der Waals surface area contributed by atoms with E-state index >= 15 is 0 Å². The van der Waals surface area contributed by atoms with E-state index in [-0.39, 0.29) is 0 Å². The fraction of sp³-hybridized carbons (Fsp3) is 0.231. The van der Waals surface area contributed by atoms with Gasteiger partial charge in [0.1, 0.15) is 5.58 Å². The Hall–Kier alpha value is -3.04. The van der Waals surface area contributed by atoms with Crippen LogP contribution in [0.4, 0.5) is 17.3 Å². The van der Waals surface area contributed by atoms with Gasteiger partial charge in [-0.25, -0.2) is 0 Å². The molecule has 1 aromatic heterocycles. The molecule has 1 fully saturated rings. The standard InChI is InChI=1S/C26H25NO2/c1-19-8-12-22(13-9-19)27(26-18-21-5-2-3-7-25(21)29-26)23-14-10-20(11-15-23)17-24-6-4-16-28-24/h2-3,5,7-15,18,24H,4,6,16-17H2,1H3. The van der Waals surface area contributed by atoms with Crippen molar-refractivity contribution in [1.82, 2.24) is 0 Å². The molecule has 1 aliphatic rings. The number of rotatable bonds is 5. The maximum Gasteiger partial charge on any atom is 0.205 e. The molecular formula is C26H25NO2. The quantitative estimate of drug-likeness (QED) is 0.373. The summed E-state index contributed by atoms with van der Waals surface area (Å²) in [6.07, 6.45) is 3.69. The van der Waals surface area contributed by atoms with E-state index in [0.717, 1.165) is 47.7 Å². The minimum Gasteiger partial charge on any atom is -0.440 e. The lowest BCUT2D eigenvalue weighted by atomic mass is 10.1. The van der Waals surface area contributed by atoms with Gasteiger partial charge in [-0.15, -0.1) is 0 Å². The molecule has 0 N–H and O–H groups in total.